The molecule has 0 saturated carbocycles. The molecule has 1 unspecified atom stereocenters. The third-order valence-electron chi connectivity index (χ3n) is 1.88. The summed E-state index contributed by atoms with van der Waals surface area (Å²) in [6.45, 7) is 15.3. The van der Waals surface area contributed by atoms with Gasteiger partial charge in [0.05, 0.1) is 19.1 Å². The first-order chi connectivity index (χ1) is 7.50. The van der Waals surface area contributed by atoms with Crippen LogP contribution in [0.25, 0.3) is 0 Å². The summed E-state index contributed by atoms with van der Waals surface area (Å²) in [5.41, 5.74) is 0. The fourth-order valence-corrected chi connectivity index (χ4v) is 3.33. The van der Waals surface area contributed by atoms with Crippen molar-refractivity contribution in [1.29, 1.82) is 5.26 Å². The highest BCUT2D eigenvalue weighted by atomic mass is 31.2. The molecule has 96 valence electrons. The van der Waals surface area contributed by atoms with Crippen LogP contribution in [0.2, 0.25) is 0 Å². The lowest BCUT2D eigenvalue weighted by Gasteiger charge is -2.34. The number of nitriles is 1. The Morgan fingerprint density at radius 2 is 1.62 bits per heavy atom. The SMILES string of the molecule is CC.CC(C)N(C(C)C)P(C)OCCC#N. The molecule has 0 radical (unpaired) electrons. The van der Waals surface area contributed by atoms with Crippen molar-refractivity contribution in [1.82, 2.24) is 4.67 Å². The van der Waals surface area contributed by atoms with Crippen LogP contribution in [-0.2, 0) is 4.52 Å². The highest BCUT2D eigenvalue weighted by Crippen LogP contribution is 2.40. The van der Waals surface area contributed by atoms with Crippen LogP contribution in [0, 0.1) is 11.3 Å². The van der Waals surface area contributed by atoms with E-state index in [-0.39, 0.29) is 0 Å². The van der Waals surface area contributed by atoms with E-state index in [2.05, 4.69) is 45.1 Å². The van der Waals surface area contributed by atoms with Crippen molar-refractivity contribution in [2.24, 2.45) is 0 Å². The lowest BCUT2D eigenvalue weighted by Crippen LogP contribution is -2.32. The van der Waals surface area contributed by atoms with Crippen LogP contribution in [-0.4, -0.2) is 30.0 Å². The van der Waals surface area contributed by atoms with Crippen LogP contribution in [0.1, 0.15) is 48.0 Å². The van der Waals surface area contributed by atoms with Gasteiger partial charge in [-0.2, -0.15) is 5.26 Å². The van der Waals surface area contributed by atoms with E-state index in [1.165, 1.54) is 0 Å². The normalized spacial score (nSPS) is 12.3. The summed E-state index contributed by atoms with van der Waals surface area (Å²) in [5.74, 6) is 0. The Bertz CT molecular complexity index is 182. The summed E-state index contributed by atoms with van der Waals surface area (Å²) in [6.07, 6.45) is 0.483. The second-order valence-electron chi connectivity index (χ2n) is 3.77. The van der Waals surface area contributed by atoms with E-state index in [0.29, 0.717) is 25.1 Å². The van der Waals surface area contributed by atoms with Gasteiger partial charge in [-0.15, -0.1) is 0 Å². The Balaban J connectivity index is 0. The van der Waals surface area contributed by atoms with E-state index in [1.807, 2.05) is 13.8 Å². The summed E-state index contributed by atoms with van der Waals surface area (Å²) < 4.78 is 7.99. The van der Waals surface area contributed by atoms with Gasteiger partial charge in [-0.3, -0.25) is 4.67 Å². The van der Waals surface area contributed by atoms with Gasteiger partial charge in [0.15, 0.2) is 0 Å². The molecule has 0 aromatic heterocycles. The van der Waals surface area contributed by atoms with E-state index in [0.717, 1.165) is 0 Å². The predicted molar refractivity (Wildman–Crippen MR) is 72.5 cm³/mol. The Morgan fingerprint density at radius 3 is 1.94 bits per heavy atom. The van der Waals surface area contributed by atoms with Gasteiger partial charge in [0, 0.05) is 12.1 Å². The zero-order valence-electron chi connectivity index (χ0n) is 11.8. The second kappa shape index (κ2) is 11.3. The number of hydrogen-bond acceptors (Lipinski definition) is 3. The molecule has 0 bridgehead atoms. The first kappa shape index (κ1) is 18.2. The molecule has 1 atom stereocenters. The quantitative estimate of drug-likeness (QED) is 0.525. The summed E-state index contributed by atoms with van der Waals surface area (Å²) >= 11 is 0. The van der Waals surface area contributed by atoms with Crippen LogP contribution in [0.4, 0.5) is 0 Å². The fraction of sp³-hybridized carbons (Fsp3) is 0.917. The van der Waals surface area contributed by atoms with Crippen LogP contribution in [0.3, 0.4) is 0 Å². The van der Waals surface area contributed by atoms with Gasteiger partial charge in [-0.1, -0.05) is 13.8 Å². The van der Waals surface area contributed by atoms with Crippen molar-refractivity contribution in [2.75, 3.05) is 13.3 Å². The molecule has 0 aliphatic carbocycles. The topological polar surface area (TPSA) is 36.3 Å². The van der Waals surface area contributed by atoms with Gasteiger partial charge in [-0.05, 0) is 34.4 Å². The fourth-order valence-electron chi connectivity index (χ4n) is 1.54. The average Bonchev–Trinajstić information content (AvgIpc) is 2.20. The van der Waals surface area contributed by atoms with E-state index in [9.17, 15) is 0 Å². The van der Waals surface area contributed by atoms with E-state index in [1.54, 1.807) is 0 Å². The minimum Gasteiger partial charge on any atom is -0.343 e. The molecule has 0 saturated heterocycles. The van der Waals surface area contributed by atoms with E-state index < -0.39 is 8.30 Å². The summed E-state index contributed by atoms with van der Waals surface area (Å²) in [5, 5.41) is 8.40. The summed E-state index contributed by atoms with van der Waals surface area (Å²) in [6, 6.07) is 3.07. The zero-order valence-corrected chi connectivity index (χ0v) is 12.7. The highest BCUT2D eigenvalue weighted by molar-refractivity contribution is 7.49. The van der Waals surface area contributed by atoms with Gasteiger partial charge < -0.3 is 4.52 Å². The van der Waals surface area contributed by atoms with Gasteiger partial charge in [0.1, 0.15) is 8.30 Å². The maximum atomic E-state index is 8.40. The lowest BCUT2D eigenvalue weighted by atomic mass is 10.3. The van der Waals surface area contributed by atoms with Crippen molar-refractivity contribution in [3.8, 4) is 6.07 Å². The third-order valence-corrected chi connectivity index (χ3v) is 4.01. The van der Waals surface area contributed by atoms with Crippen LogP contribution in [0.15, 0.2) is 0 Å². The summed E-state index contributed by atoms with van der Waals surface area (Å²) in [4.78, 5) is 0. The second-order valence-corrected chi connectivity index (χ2v) is 5.42. The van der Waals surface area contributed by atoms with Crippen LogP contribution in [0.5, 0.6) is 0 Å². The average molecular weight is 246 g/mol. The Morgan fingerprint density at radius 1 is 1.19 bits per heavy atom. The third kappa shape index (κ3) is 8.05. The van der Waals surface area contributed by atoms with Crippen molar-refractivity contribution in [2.45, 2.75) is 60.0 Å². The molecule has 0 amide bonds. The molecule has 0 heterocycles. The summed E-state index contributed by atoms with van der Waals surface area (Å²) in [7, 11) is -0.552. The number of rotatable bonds is 6. The smallest absolute Gasteiger partial charge is 0.101 e. The van der Waals surface area contributed by atoms with Crippen LogP contribution < -0.4 is 0 Å². The van der Waals surface area contributed by atoms with Gasteiger partial charge >= 0.3 is 0 Å². The zero-order chi connectivity index (χ0) is 13.1. The molecule has 0 spiro atoms. The van der Waals surface area contributed by atoms with E-state index in [4.69, 9.17) is 9.79 Å². The Hall–Kier alpha value is -0.160. The largest absolute Gasteiger partial charge is 0.343 e. The molecule has 3 nitrogen and oxygen atoms in total. The first-order valence-corrected chi connectivity index (χ1v) is 7.68. The lowest BCUT2D eigenvalue weighted by molar-refractivity contribution is 0.260. The standard InChI is InChI=1S/C10H21N2OP.C2H6/c1-9(2)12(10(3)4)14(5)13-8-6-7-11;1-2/h9-10H,6,8H2,1-5H3;1-2H3. The van der Waals surface area contributed by atoms with Crippen molar-refractivity contribution >= 4 is 8.30 Å². The minimum atomic E-state index is -0.552. The molecular formula is C12H27N2OP. The van der Waals surface area contributed by atoms with Gasteiger partial charge in [-0.25, -0.2) is 0 Å². The van der Waals surface area contributed by atoms with Crippen molar-refractivity contribution < 1.29 is 4.52 Å². The van der Waals surface area contributed by atoms with Gasteiger partial charge in [0.2, 0.25) is 0 Å². The first-order valence-electron chi connectivity index (χ1n) is 6.02. The molecule has 0 aliphatic rings. The molecule has 16 heavy (non-hydrogen) atoms. The monoisotopic (exact) mass is 246 g/mol. The minimum absolute atomic E-state index is 0.483. The molecule has 0 aromatic rings. The maximum absolute atomic E-state index is 8.40. The van der Waals surface area contributed by atoms with Crippen molar-refractivity contribution in [3.05, 3.63) is 0 Å². The number of hydrogen-bond donors (Lipinski definition) is 0. The number of nitrogens with zero attached hydrogens (tertiary/aromatic N) is 2. The molecule has 0 aliphatic heterocycles. The maximum Gasteiger partial charge on any atom is 0.101 e. The molecule has 0 rings (SSSR count). The Kier molecular flexibility index (Phi) is 12.9. The van der Waals surface area contributed by atoms with E-state index >= 15 is 0 Å². The molecule has 4 heteroatoms. The Labute approximate surface area is 103 Å². The molecule has 0 fully saturated rings. The molecule has 0 aromatic carbocycles. The molecule has 0 N–H and O–H groups in total. The van der Waals surface area contributed by atoms with Crippen molar-refractivity contribution in [3.63, 3.8) is 0 Å². The molecular weight excluding hydrogens is 219 g/mol. The van der Waals surface area contributed by atoms with Gasteiger partial charge in [0.25, 0.3) is 0 Å². The highest BCUT2D eigenvalue weighted by Gasteiger charge is 2.20. The van der Waals surface area contributed by atoms with Crippen LogP contribution >= 0.6 is 8.30 Å². The predicted octanol–water partition coefficient (Wildman–Crippen LogP) is 4.00.